The fourth-order valence-corrected chi connectivity index (χ4v) is 6.00. The lowest BCUT2D eigenvalue weighted by molar-refractivity contribution is -0.137. The smallest absolute Gasteiger partial charge is 0.364 e. The molecule has 11 heteroatoms. The molecule has 3 heterocycles. The minimum absolute atomic E-state index is 0.205. The highest BCUT2D eigenvalue weighted by atomic mass is 32.2. The number of thioether (sulfide) groups is 1. The summed E-state index contributed by atoms with van der Waals surface area (Å²) in [4.78, 5) is 17.7. The number of halogens is 3. The molecule has 2 atom stereocenters. The van der Waals surface area contributed by atoms with Gasteiger partial charge < -0.3 is 15.2 Å². The van der Waals surface area contributed by atoms with Crippen LogP contribution in [0.25, 0.3) is 11.4 Å². The number of hydrogen-bond donors (Lipinski definition) is 1. The molecule has 0 unspecified atom stereocenters. The van der Waals surface area contributed by atoms with E-state index in [2.05, 4.69) is 20.1 Å². The number of alkyl halides is 3. The number of carbonyl (C=O) groups is 1. The molecule has 2 fully saturated rings. The number of aromatic nitrogens is 4. The van der Waals surface area contributed by atoms with Crippen LogP contribution in [-0.2, 0) is 13.2 Å². The summed E-state index contributed by atoms with van der Waals surface area (Å²) in [6.45, 7) is 3.02. The van der Waals surface area contributed by atoms with Gasteiger partial charge in [-0.3, -0.25) is 9.78 Å². The van der Waals surface area contributed by atoms with Crippen molar-refractivity contribution < 1.29 is 18.0 Å². The molecule has 7 nitrogen and oxygen atoms in total. The van der Waals surface area contributed by atoms with Gasteiger partial charge in [0, 0.05) is 31.1 Å². The normalized spacial score (nSPS) is 21.8. The Kier molecular flexibility index (Phi) is 6.54. The third kappa shape index (κ3) is 4.99. The largest absolute Gasteiger partial charge is 0.416 e. The average molecular weight is 517 g/mol. The number of hydrogen-bond acceptors (Lipinski definition) is 6. The zero-order valence-corrected chi connectivity index (χ0v) is 20.6. The number of nitrogens with two attached hydrogens (primary N) is 1. The zero-order chi connectivity index (χ0) is 25.5. The summed E-state index contributed by atoms with van der Waals surface area (Å²) in [5.41, 5.74) is 6.88. The van der Waals surface area contributed by atoms with Crippen LogP contribution in [0.2, 0.25) is 0 Å². The number of pyridine rings is 1. The third-order valence-corrected chi connectivity index (χ3v) is 8.36. The molecule has 2 aliphatic rings. The molecule has 2 N–H and O–H groups in total. The molecule has 2 aromatic heterocycles. The van der Waals surface area contributed by atoms with Gasteiger partial charge in [0.25, 0.3) is 5.91 Å². The average Bonchev–Trinajstić information content (AvgIpc) is 3.20. The van der Waals surface area contributed by atoms with Crippen LogP contribution in [-0.4, -0.2) is 55.9 Å². The van der Waals surface area contributed by atoms with Crippen LogP contribution in [0.3, 0.4) is 0 Å². The van der Waals surface area contributed by atoms with Crippen LogP contribution in [0.4, 0.5) is 13.2 Å². The van der Waals surface area contributed by atoms with Crippen LogP contribution >= 0.6 is 11.8 Å². The molecule has 1 amide bonds. The van der Waals surface area contributed by atoms with E-state index < -0.39 is 17.6 Å². The van der Waals surface area contributed by atoms with Gasteiger partial charge in [-0.25, -0.2) is 0 Å². The van der Waals surface area contributed by atoms with Crippen LogP contribution in [0, 0.1) is 5.41 Å². The summed E-state index contributed by atoms with van der Waals surface area (Å²) < 4.78 is 40.4. The standard InChI is InChI=1S/C25H27F3N6OS/c1-33-22(17-5-8-20(21(29)35)30-14-17)31-32-23(33)36-12-2-10-34-11-9-24(15-34)13-19(24)16-3-6-18(7-4-16)25(26,27)28/h3-8,14,19H,2,9-13,15H2,1H3,(H2,29,35)/t19-,24-/m0/s1. The van der Waals surface area contributed by atoms with E-state index in [9.17, 15) is 18.0 Å². The number of primary amides is 1. The first-order chi connectivity index (χ1) is 17.2. The second-order valence-electron chi connectivity index (χ2n) is 9.63. The SMILES string of the molecule is Cn1c(SCCCN2CC[C@]3(C[C@H]3c3ccc(C(F)(F)F)cc3)C2)nnc1-c1ccc(C(N)=O)nc1. The minimum atomic E-state index is -4.29. The molecule has 1 saturated carbocycles. The van der Waals surface area contributed by atoms with Crippen molar-refractivity contribution in [1.82, 2.24) is 24.6 Å². The molecule has 1 aliphatic heterocycles. The van der Waals surface area contributed by atoms with E-state index in [1.165, 1.54) is 12.1 Å². The number of nitrogens with zero attached hydrogens (tertiary/aromatic N) is 5. The van der Waals surface area contributed by atoms with Crippen LogP contribution in [0.15, 0.2) is 47.8 Å². The first-order valence-electron chi connectivity index (χ1n) is 11.8. The summed E-state index contributed by atoms with van der Waals surface area (Å²) in [5, 5.41) is 9.36. The molecule has 190 valence electrons. The highest BCUT2D eigenvalue weighted by molar-refractivity contribution is 7.99. The molecule has 1 aromatic carbocycles. The predicted molar refractivity (Wildman–Crippen MR) is 130 cm³/mol. The highest BCUT2D eigenvalue weighted by Crippen LogP contribution is 2.64. The topological polar surface area (TPSA) is 89.9 Å². The Bertz CT molecular complexity index is 1240. The van der Waals surface area contributed by atoms with Gasteiger partial charge in [-0.05, 0) is 73.5 Å². The maximum absolute atomic E-state index is 12.8. The molecule has 1 saturated heterocycles. The molecular weight excluding hydrogens is 489 g/mol. The van der Waals surface area contributed by atoms with Crippen molar-refractivity contribution in [2.45, 2.75) is 36.5 Å². The molecule has 0 bridgehead atoms. The van der Waals surface area contributed by atoms with Gasteiger partial charge in [0.1, 0.15) is 5.69 Å². The van der Waals surface area contributed by atoms with Crippen molar-refractivity contribution in [3.63, 3.8) is 0 Å². The summed E-state index contributed by atoms with van der Waals surface area (Å²) >= 11 is 1.65. The summed E-state index contributed by atoms with van der Waals surface area (Å²) in [5.74, 6) is 1.36. The number of rotatable bonds is 8. The second-order valence-corrected chi connectivity index (χ2v) is 10.7. The van der Waals surface area contributed by atoms with Crippen LogP contribution in [0.1, 0.15) is 46.8 Å². The van der Waals surface area contributed by atoms with Gasteiger partial charge in [0.15, 0.2) is 11.0 Å². The van der Waals surface area contributed by atoms with Crippen molar-refractivity contribution in [2.75, 3.05) is 25.4 Å². The van der Waals surface area contributed by atoms with E-state index in [0.29, 0.717) is 11.7 Å². The summed E-state index contributed by atoms with van der Waals surface area (Å²) in [6.07, 6.45) is 0.436. The first kappa shape index (κ1) is 24.8. The second kappa shape index (κ2) is 9.51. The number of benzene rings is 1. The Balaban J connectivity index is 1.09. The Morgan fingerprint density at radius 3 is 2.64 bits per heavy atom. The van der Waals surface area contributed by atoms with Crippen molar-refractivity contribution in [3.8, 4) is 11.4 Å². The van der Waals surface area contributed by atoms with E-state index in [0.717, 1.165) is 60.9 Å². The van der Waals surface area contributed by atoms with E-state index in [1.54, 1.807) is 42.2 Å². The van der Waals surface area contributed by atoms with Gasteiger partial charge in [-0.15, -0.1) is 10.2 Å². The van der Waals surface area contributed by atoms with Gasteiger partial charge in [-0.2, -0.15) is 13.2 Å². The number of amides is 1. The molecule has 36 heavy (non-hydrogen) atoms. The number of carbonyl (C=O) groups excluding carboxylic acids is 1. The minimum Gasteiger partial charge on any atom is -0.364 e. The quantitative estimate of drug-likeness (QED) is 0.354. The maximum atomic E-state index is 12.8. The lowest BCUT2D eigenvalue weighted by Gasteiger charge is -2.16. The van der Waals surface area contributed by atoms with Crippen molar-refractivity contribution in [3.05, 3.63) is 59.4 Å². The molecule has 5 rings (SSSR count). The molecular formula is C25H27F3N6OS. The molecule has 1 aliphatic carbocycles. The van der Waals surface area contributed by atoms with E-state index >= 15 is 0 Å². The predicted octanol–water partition coefficient (Wildman–Crippen LogP) is 4.36. The Labute approximate surface area is 211 Å². The van der Waals surface area contributed by atoms with Gasteiger partial charge in [0.2, 0.25) is 0 Å². The van der Waals surface area contributed by atoms with E-state index in [-0.39, 0.29) is 11.1 Å². The van der Waals surface area contributed by atoms with E-state index in [1.807, 2.05) is 11.6 Å². The summed E-state index contributed by atoms with van der Waals surface area (Å²) in [6, 6.07) is 9.04. The van der Waals surface area contributed by atoms with Crippen LogP contribution < -0.4 is 5.73 Å². The molecule has 3 aromatic rings. The van der Waals surface area contributed by atoms with Gasteiger partial charge in [-0.1, -0.05) is 23.9 Å². The van der Waals surface area contributed by atoms with Gasteiger partial charge in [0.05, 0.1) is 5.56 Å². The van der Waals surface area contributed by atoms with Crippen molar-refractivity contribution in [2.24, 2.45) is 18.2 Å². The monoisotopic (exact) mass is 516 g/mol. The Hall–Kier alpha value is -2.92. The Morgan fingerprint density at radius 2 is 1.97 bits per heavy atom. The maximum Gasteiger partial charge on any atom is 0.416 e. The van der Waals surface area contributed by atoms with E-state index in [4.69, 9.17) is 5.73 Å². The van der Waals surface area contributed by atoms with Crippen molar-refractivity contribution in [1.29, 1.82) is 0 Å². The van der Waals surface area contributed by atoms with Gasteiger partial charge >= 0.3 is 6.18 Å². The lowest BCUT2D eigenvalue weighted by Crippen LogP contribution is -2.23. The molecule has 0 radical (unpaired) electrons. The molecule has 1 spiro atoms. The Morgan fingerprint density at radius 1 is 1.19 bits per heavy atom. The van der Waals surface area contributed by atoms with Crippen LogP contribution in [0.5, 0.6) is 0 Å². The van der Waals surface area contributed by atoms with Crippen molar-refractivity contribution >= 4 is 17.7 Å². The fraction of sp³-hybridized carbons (Fsp3) is 0.440. The third-order valence-electron chi connectivity index (χ3n) is 7.25. The fourth-order valence-electron chi connectivity index (χ4n) is 5.17. The highest BCUT2D eigenvalue weighted by Gasteiger charge is 2.57. The summed E-state index contributed by atoms with van der Waals surface area (Å²) in [7, 11) is 1.90. The first-order valence-corrected chi connectivity index (χ1v) is 12.8. The lowest BCUT2D eigenvalue weighted by atomic mass is 9.97. The zero-order valence-electron chi connectivity index (χ0n) is 19.8. The number of likely N-dealkylation sites (tertiary alicyclic amines) is 1.